The van der Waals surface area contributed by atoms with E-state index >= 15 is 0 Å². The highest BCUT2D eigenvalue weighted by Crippen LogP contribution is 2.24. The van der Waals surface area contributed by atoms with Crippen LogP contribution in [-0.4, -0.2) is 9.90 Å². The van der Waals surface area contributed by atoms with Gasteiger partial charge in [-0.25, -0.2) is 0 Å². The largest absolute Gasteiger partial charge is 0.450 e. The molecule has 3 aromatic rings. The summed E-state index contributed by atoms with van der Waals surface area (Å²) in [4.78, 5) is 1.91. The van der Waals surface area contributed by atoms with Crippen molar-refractivity contribution in [1.29, 1.82) is 0 Å². The van der Waals surface area contributed by atoms with Crippen LogP contribution in [0.2, 0.25) is 0 Å². The third-order valence-electron chi connectivity index (χ3n) is 3.01. The van der Waals surface area contributed by atoms with E-state index in [0.717, 1.165) is 22.5 Å². The minimum absolute atomic E-state index is 0.498. The number of hydrogen-bond acceptors (Lipinski definition) is 2. The molecule has 1 aliphatic rings. The van der Waals surface area contributed by atoms with Gasteiger partial charge in [-0.1, -0.05) is 24.3 Å². The van der Waals surface area contributed by atoms with Crippen molar-refractivity contribution < 1.29 is 9.42 Å². The van der Waals surface area contributed by atoms with Crippen LogP contribution in [0.25, 0.3) is 16.7 Å². The van der Waals surface area contributed by atoms with Gasteiger partial charge in [-0.05, 0) is 29.1 Å². The molecule has 0 saturated carbocycles. The van der Waals surface area contributed by atoms with Gasteiger partial charge >= 0.3 is 0 Å². The Morgan fingerprint density at radius 3 is 2.88 bits per heavy atom. The van der Waals surface area contributed by atoms with E-state index in [-0.39, 0.29) is 0 Å². The molecule has 0 unspecified atom stereocenters. The SMILES string of the molecule is c1ccc2c(c1)OC[n+]1c3ccccc3nn1-2. The minimum Gasteiger partial charge on any atom is -0.450 e. The number of hydrogen-bond donors (Lipinski definition) is 0. The summed E-state index contributed by atoms with van der Waals surface area (Å²) in [5.74, 6) is 0.875. The van der Waals surface area contributed by atoms with E-state index in [0.29, 0.717) is 6.73 Å². The zero-order valence-corrected chi connectivity index (χ0v) is 9.08. The molecule has 2 heterocycles. The lowest BCUT2D eigenvalue weighted by Gasteiger charge is -2.14. The lowest BCUT2D eigenvalue weighted by atomic mass is 10.3. The molecule has 2 aromatic carbocycles. The molecule has 0 N–H and O–H groups in total. The van der Waals surface area contributed by atoms with Crippen LogP contribution in [0.15, 0.2) is 48.5 Å². The molecule has 1 aromatic heterocycles. The number of aromatic nitrogens is 3. The topological polar surface area (TPSA) is 30.9 Å². The molecule has 0 radical (unpaired) electrons. The van der Waals surface area contributed by atoms with E-state index in [9.17, 15) is 0 Å². The third-order valence-corrected chi connectivity index (χ3v) is 3.01. The molecule has 0 aliphatic carbocycles. The summed E-state index contributed by atoms with van der Waals surface area (Å²) in [6.45, 7) is 0.498. The Kier molecular flexibility index (Phi) is 1.58. The molecule has 0 atom stereocenters. The fourth-order valence-corrected chi connectivity index (χ4v) is 2.21. The predicted octanol–water partition coefficient (Wildman–Crippen LogP) is 1.66. The van der Waals surface area contributed by atoms with E-state index in [2.05, 4.69) is 11.2 Å². The van der Waals surface area contributed by atoms with E-state index < -0.39 is 0 Å². The van der Waals surface area contributed by atoms with Crippen molar-refractivity contribution in [2.75, 3.05) is 0 Å². The van der Waals surface area contributed by atoms with Gasteiger partial charge in [-0.15, -0.1) is 4.68 Å². The van der Waals surface area contributed by atoms with Gasteiger partial charge in [0, 0.05) is 0 Å². The van der Waals surface area contributed by atoms with Gasteiger partial charge < -0.3 is 4.74 Å². The van der Waals surface area contributed by atoms with Crippen molar-refractivity contribution >= 4 is 11.0 Å². The fraction of sp³-hybridized carbons (Fsp3) is 0.0769. The molecule has 4 heteroatoms. The van der Waals surface area contributed by atoms with Gasteiger partial charge in [-0.3, -0.25) is 0 Å². The first kappa shape index (κ1) is 8.75. The molecule has 0 saturated heterocycles. The van der Waals surface area contributed by atoms with Crippen LogP contribution >= 0.6 is 0 Å². The van der Waals surface area contributed by atoms with Crippen molar-refractivity contribution in [1.82, 2.24) is 9.90 Å². The summed E-state index contributed by atoms with van der Waals surface area (Å²) in [7, 11) is 0. The first-order chi connectivity index (χ1) is 8.43. The molecule has 17 heavy (non-hydrogen) atoms. The molecule has 1 aliphatic heterocycles. The minimum atomic E-state index is 0.498. The molecule has 0 spiro atoms. The number of ether oxygens (including phenoxy) is 1. The first-order valence-corrected chi connectivity index (χ1v) is 5.53. The molecule has 0 bridgehead atoms. The maximum atomic E-state index is 5.72. The zero-order valence-electron chi connectivity index (χ0n) is 9.08. The van der Waals surface area contributed by atoms with Gasteiger partial charge in [0.25, 0.3) is 6.73 Å². The van der Waals surface area contributed by atoms with Gasteiger partial charge in [0.2, 0.25) is 11.0 Å². The smallest absolute Gasteiger partial charge is 0.252 e. The normalized spacial score (nSPS) is 12.9. The zero-order chi connectivity index (χ0) is 11.2. The first-order valence-electron chi connectivity index (χ1n) is 5.53. The van der Waals surface area contributed by atoms with Crippen LogP contribution in [0.3, 0.4) is 0 Å². The van der Waals surface area contributed by atoms with Crippen LogP contribution in [0.4, 0.5) is 0 Å². The maximum Gasteiger partial charge on any atom is 0.252 e. The number of nitrogens with zero attached hydrogens (tertiary/aromatic N) is 3. The van der Waals surface area contributed by atoms with Crippen LogP contribution < -0.4 is 9.42 Å². The number of fused-ring (bicyclic) bond motifs is 5. The van der Waals surface area contributed by atoms with Crippen molar-refractivity contribution in [3.8, 4) is 11.4 Å². The molecule has 82 valence electrons. The Bertz CT molecular complexity index is 718. The van der Waals surface area contributed by atoms with Crippen LogP contribution in [-0.2, 0) is 6.73 Å². The highest BCUT2D eigenvalue weighted by atomic mass is 16.5. The average Bonchev–Trinajstić information content (AvgIpc) is 2.78. The lowest BCUT2D eigenvalue weighted by Crippen LogP contribution is -2.48. The standard InChI is InChI=1S/C13H10N3O/c1-2-6-11-10(5-1)14-16-12-7-3-4-8-13(12)17-9-15(11)16/h1-8H,9H2/q+1. The van der Waals surface area contributed by atoms with Crippen LogP contribution in [0.5, 0.6) is 5.75 Å². The van der Waals surface area contributed by atoms with Gasteiger partial charge in [0.05, 0.1) is 5.10 Å². The summed E-state index contributed by atoms with van der Waals surface area (Å²) in [5, 5.41) is 4.59. The number of rotatable bonds is 0. The molecule has 4 rings (SSSR count). The van der Waals surface area contributed by atoms with Gasteiger partial charge in [-0.2, -0.15) is 0 Å². The van der Waals surface area contributed by atoms with Gasteiger partial charge in [0.1, 0.15) is 0 Å². The highest BCUT2D eigenvalue weighted by Gasteiger charge is 2.26. The Hall–Kier alpha value is -2.36. The average molecular weight is 224 g/mol. The number of benzene rings is 2. The highest BCUT2D eigenvalue weighted by molar-refractivity contribution is 5.70. The summed E-state index contributed by atoms with van der Waals surface area (Å²) >= 11 is 0. The molecule has 0 amide bonds. The summed E-state index contributed by atoms with van der Waals surface area (Å²) in [5.41, 5.74) is 3.05. The fourth-order valence-electron chi connectivity index (χ4n) is 2.21. The van der Waals surface area contributed by atoms with E-state index in [1.54, 1.807) is 0 Å². The molecule has 4 nitrogen and oxygen atoms in total. The van der Waals surface area contributed by atoms with Crippen LogP contribution in [0, 0.1) is 0 Å². The van der Waals surface area contributed by atoms with Crippen molar-refractivity contribution in [2.24, 2.45) is 0 Å². The third kappa shape index (κ3) is 1.12. The van der Waals surface area contributed by atoms with E-state index in [1.165, 1.54) is 0 Å². The molecular formula is C13H10N3O+. The van der Waals surface area contributed by atoms with Crippen LogP contribution in [0.1, 0.15) is 0 Å². The summed E-state index contributed by atoms with van der Waals surface area (Å²) < 4.78 is 7.74. The Labute approximate surface area is 97.6 Å². The van der Waals surface area contributed by atoms with Crippen molar-refractivity contribution in [2.45, 2.75) is 6.73 Å². The molecule has 0 fully saturated rings. The number of para-hydroxylation sites is 3. The van der Waals surface area contributed by atoms with E-state index in [4.69, 9.17) is 4.74 Å². The quantitative estimate of drug-likeness (QED) is 0.544. The van der Waals surface area contributed by atoms with Crippen molar-refractivity contribution in [3.63, 3.8) is 0 Å². The Morgan fingerprint density at radius 1 is 1.06 bits per heavy atom. The Balaban J connectivity index is 2.10. The van der Waals surface area contributed by atoms with E-state index in [1.807, 2.05) is 51.9 Å². The monoisotopic (exact) mass is 224 g/mol. The summed E-state index contributed by atoms with van der Waals surface area (Å²) in [6.07, 6.45) is 0. The lowest BCUT2D eigenvalue weighted by molar-refractivity contribution is -0.777. The summed E-state index contributed by atoms with van der Waals surface area (Å²) in [6, 6.07) is 16.0. The maximum absolute atomic E-state index is 5.72. The van der Waals surface area contributed by atoms with Crippen molar-refractivity contribution in [3.05, 3.63) is 48.5 Å². The second kappa shape index (κ2) is 3.07. The second-order valence-electron chi connectivity index (χ2n) is 4.02. The second-order valence-corrected chi connectivity index (χ2v) is 4.02. The predicted molar refractivity (Wildman–Crippen MR) is 61.9 cm³/mol. The molecular weight excluding hydrogens is 214 g/mol. The Morgan fingerprint density at radius 2 is 1.88 bits per heavy atom. The van der Waals surface area contributed by atoms with Gasteiger partial charge in [0.15, 0.2) is 11.4 Å².